The molecule has 0 aliphatic carbocycles. The molecule has 3 rings (SSSR count). The van der Waals surface area contributed by atoms with Crippen LogP contribution in [-0.4, -0.2) is 11.9 Å². The van der Waals surface area contributed by atoms with Gasteiger partial charge in [0.15, 0.2) is 0 Å². The second-order valence-electron chi connectivity index (χ2n) is 5.26. The van der Waals surface area contributed by atoms with Gasteiger partial charge in [0.25, 0.3) is 0 Å². The van der Waals surface area contributed by atoms with Crippen LogP contribution in [0.2, 0.25) is 5.02 Å². The van der Waals surface area contributed by atoms with Crippen molar-refractivity contribution in [2.24, 2.45) is 0 Å². The topological polar surface area (TPSA) is 9.23 Å². The summed E-state index contributed by atoms with van der Waals surface area (Å²) in [6, 6.07) is 12.6. The lowest BCUT2D eigenvalue weighted by Gasteiger charge is -2.17. The highest BCUT2D eigenvalue weighted by molar-refractivity contribution is 9.10. The molecule has 1 atom stereocenters. The molecule has 1 aliphatic rings. The number of benzene rings is 2. The molecule has 110 valence electrons. The molecule has 0 saturated carbocycles. The summed E-state index contributed by atoms with van der Waals surface area (Å²) in [5.74, 6) is 1.45. The van der Waals surface area contributed by atoms with Crippen LogP contribution in [0.3, 0.4) is 0 Å². The van der Waals surface area contributed by atoms with Crippen LogP contribution in [0.4, 0.5) is 0 Å². The molecule has 0 bridgehead atoms. The van der Waals surface area contributed by atoms with E-state index < -0.39 is 0 Å². The molecular formula is C17H15Br2ClO. The Labute approximate surface area is 146 Å². The third kappa shape index (κ3) is 3.46. The van der Waals surface area contributed by atoms with Crippen molar-refractivity contribution in [3.05, 3.63) is 62.6 Å². The molecule has 0 N–H and O–H groups in total. The van der Waals surface area contributed by atoms with E-state index in [9.17, 15) is 0 Å². The molecule has 1 unspecified atom stereocenters. The van der Waals surface area contributed by atoms with E-state index in [0.717, 1.165) is 40.0 Å². The number of hydrogen-bond donors (Lipinski definition) is 0. The van der Waals surface area contributed by atoms with E-state index in [1.807, 2.05) is 12.1 Å². The highest BCUT2D eigenvalue weighted by Gasteiger charge is 2.20. The zero-order valence-electron chi connectivity index (χ0n) is 11.4. The summed E-state index contributed by atoms with van der Waals surface area (Å²) >= 11 is 13.4. The van der Waals surface area contributed by atoms with Crippen LogP contribution in [-0.2, 0) is 12.8 Å². The van der Waals surface area contributed by atoms with E-state index >= 15 is 0 Å². The fourth-order valence-electron chi connectivity index (χ4n) is 2.76. The quantitative estimate of drug-likeness (QED) is 0.561. The Morgan fingerprint density at radius 2 is 1.95 bits per heavy atom. The standard InChI is InChI=1S/C17H15Br2ClO/c18-10-14(11-1-3-15(19)4-2-11)7-13-9-16(20)8-12-5-6-21-17(12)13/h1-4,8-9,14H,5-7,10H2. The highest BCUT2D eigenvalue weighted by atomic mass is 79.9. The number of rotatable bonds is 4. The van der Waals surface area contributed by atoms with Gasteiger partial charge in [0.05, 0.1) is 6.61 Å². The fraction of sp³-hybridized carbons (Fsp3) is 0.294. The minimum absolute atomic E-state index is 0.407. The average Bonchev–Trinajstić information content (AvgIpc) is 2.94. The Morgan fingerprint density at radius 1 is 1.19 bits per heavy atom. The molecule has 21 heavy (non-hydrogen) atoms. The SMILES string of the molecule is Clc1cc2c(c(CC(CBr)c3ccc(Br)cc3)c1)OCC2. The number of hydrogen-bond acceptors (Lipinski definition) is 1. The maximum Gasteiger partial charge on any atom is 0.125 e. The van der Waals surface area contributed by atoms with Gasteiger partial charge in [-0.3, -0.25) is 0 Å². The Hall–Kier alpha value is -0.510. The summed E-state index contributed by atoms with van der Waals surface area (Å²) in [7, 11) is 0. The van der Waals surface area contributed by atoms with Crippen molar-refractivity contribution in [2.45, 2.75) is 18.8 Å². The largest absolute Gasteiger partial charge is 0.493 e. The molecular weight excluding hydrogens is 415 g/mol. The first-order valence-corrected chi connectivity index (χ1v) is 9.22. The van der Waals surface area contributed by atoms with E-state index in [-0.39, 0.29) is 0 Å². The van der Waals surface area contributed by atoms with Crippen molar-refractivity contribution in [3.63, 3.8) is 0 Å². The Morgan fingerprint density at radius 3 is 2.67 bits per heavy atom. The molecule has 0 amide bonds. The van der Waals surface area contributed by atoms with Crippen molar-refractivity contribution in [1.82, 2.24) is 0 Å². The molecule has 1 heterocycles. The predicted octanol–water partition coefficient (Wildman–Crippen LogP) is 5.76. The molecule has 0 aromatic heterocycles. The molecule has 2 aromatic rings. The zero-order chi connectivity index (χ0) is 14.8. The minimum Gasteiger partial charge on any atom is -0.493 e. The number of halogens is 3. The first-order valence-electron chi connectivity index (χ1n) is 6.93. The van der Waals surface area contributed by atoms with E-state index in [1.165, 1.54) is 16.7 Å². The summed E-state index contributed by atoms with van der Waals surface area (Å²) in [5.41, 5.74) is 3.77. The monoisotopic (exact) mass is 428 g/mol. The number of fused-ring (bicyclic) bond motifs is 1. The maximum atomic E-state index is 6.25. The summed E-state index contributed by atoms with van der Waals surface area (Å²) < 4.78 is 6.91. The zero-order valence-corrected chi connectivity index (χ0v) is 15.3. The van der Waals surface area contributed by atoms with Crippen LogP contribution in [0.25, 0.3) is 0 Å². The number of ether oxygens (including phenoxy) is 1. The first kappa shape index (κ1) is 15.4. The van der Waals surface area contributed by atoms with E-state index in [1.54, 1.807) is 0 Å². The van der Waals surface area contributed by atoms with Gasteiger partial charge in [-0.2, -0.15) is 0 Å². The van der Waals surface area contributed by atoms with Crippen molar-refractivity contribution in [3.8, 4) is 5.75 Å². The van der Waals surface area contributed by atoms with Gasteiger partial charge in [-0.05, 0) is 53.3 Å². The van der Waals surface area contributed by atoms with E-state index in [0.29, 0.717) is 5.92 Å². The van der Waals surface area contributed by atoms with Crippen LogP contribution < -0.4 is 4.74 Å². The molecule has 1 aliphatic heterocycles. The summed E-state index contributed by atoms with van der Waals surface area (Å²) in [5, 5.41) is 1.72. The number of alkyl halides is 1. The van der Waals surface area contributed by atoms with Gasteiger partial charge >= 0.3 is 0 Å². The van der Waals surface area contributed by atoms with E-state index in [4.69, 9.17) is 16.3 Å². The Balaban J connectivity index is 1.89. The third-order valence-electron chi connectivity index (χ3n) is 3.82. The van der Waals surface area contributed by atoms with E-state index in [2.05, 4.69) is 56.1 Å². The smallest absolute Gasteiger partial charge is 0.125 e. The molecule has 0 radical (unpaired) electrons. The van der Waals surface area contributed by atoms with Crippen molar-refractivity contribution in [1.29, 1.82) is 0 Å². The average molecular weight is 431 g/mol. The molecule has 1 nitrogen and oxygen atoms in total. The normalized spacial score (nSPS) is 14.6. The Bertz CT molecular complexity index is 640. The van der Waals surface area contributed by atoms with Gasteiger partial charge in [0.1, 0.15) is 5.75 Å². The van der Waals surface area contributed by atoms with Gasteiger partial charge in [-0.15, -0.1) is 0 Å². The molecule has 0 fully saturated rings. The van der Waals surface area contributed by atoms with Crippen LogP contribution in [0.1, 0.15) is 22.6 Å². The first-order chi connectivity index (χ1) is 10.2. The predicted molar refractivity (Wildman–Crippen MR) is 95.0 cm³/mol. The second kappa shape index (κ2) is 6.72. The Kier molecular flexibility index (Phi) is 4.92. The second-order valence-corrected chi connectivity index (χ2v) is 7.26. The lowest BCUT2D eigenvalue weighted by Crippen LogP contribution is -2.05. The van der Waals surface area contributed by atoms with Crippen molar-refractivity contribution in [2.75, 3.05) is 11.9 Å². The van der Waals surface area contributed by atoms with Gasteiger partial charge in [0, 0.05) is 21.2 Å². The van der Waals surface area contributed by atoms with Crippen LogP contribution >= 0.6 is 43.5 Å². The van der Waals surface area contributed by atoms with Crippen LogP contribution in [0.5, 0.6) is 5.75 Å². The summed E-state index contributed by atoms with van der Waals surface area (Å²) in [4.78, 5) is 0. The van der Waals surface area contributed by atoms with Crippen molar-refractivity contribution < 1.29 is 4.74 Å². The molecule has 2 aromatic carbocycles. The molecule has 4 heteroatoms. The van der Waals surface area contributed by atoms with Crippen LogP contribution in [0.15, 0.2) is 40.9 Å². The summed E-state index contributed by atoms with van der Waals surface area (Å²) in [6.07, 6.45) is 1.88. The lowest BCUT2D eigenvalue weighted by atomic mass is 9.92. The van der Waals surface area contributed by atoms with Crippen LogP contribution in [0, 0.1) is 0 Å². The maximum absolute atomic E-state index is 6.25. The third-order valence-corrected chi connectivity index (χ3v) is 5.35. The fourth-order valence-corrected chi connectivity index (χ4v) is 3.89. The highest BCUT2D eigenvalue weighted by Crippen LogP contribution is 2.36. The van der Waals surface area contributed by atoms with Gasteiger partial charge in [-0.25, -0.2) is 0 Å². The summed E-state index contributed by atoms with van der Waals surface area (Å²) in [6.45, 7) is 0.764. The molecule has 0 saturated heterocycles. The molecule has 0 spiro atoms. The van der Waals surface area contributed by atoms with Gasteiger partial charge < -0.3 is 4.74 Å². The van der Waals surface area contributed by atoms with Gasteiger partial charge in [-0.1, -0.05) is 55.6 Å². The minimum atomic E-state index is 0.407. The van der Waals surface area contributed by atoms with Crippen molar-refractivity contribution >= 4 is 43.5 Å². The van der Waals surface area contributed by atoms with Gasteiger partial charge in [0.2, 0.25) is 0 Å². The lowest BCUT2D eigenvalue weighted by molar-refractivity contribution is 0.353.